The number of nitriles is 1. The zero-order valence-electron chi connectivity index (χ0n) is 20.7. The summed E-state index contributed by atoms with van der Waals surface area (Å²) >= 11 is 0. The molecule has 1 aliphatic carbocycles. The molecule has 6 N–H and O–H groups in total. The van der Waals surface area contributed by atoms with E-state index in [0.29, 0.717) is 5.56 Å². The van der Waals surface area contributed by atoms with Gasteiger partial charge in [0.1, 0.15) is 30.5 Å². The number of aliphatic hydroxyl groups is 5. The van der Waals surface area contributed by atoms with Crippen LogP contribution < -0.4 is 4.74 Å². The molecule has 0 radical (unpaired) electrons. The minimum absolute atomic E-state index is 0.0562. The molecule has 1 saturated carbocycles. The average Bonchev–Trinajstić information content (AvgIpc) is 2.90. The van der Waals surface area contributed by atoms with Gasteiger partial charge in [-0.25, -0.2) is 4.79 Å². The number of phenolic OH excluding ortho intramolecular Hbond substituents is 1. The van der Waals surface area contributed by atoms with Gasteiger partial charge >= 0.3 is 5.97 Å². The molecule has 1 heterocycles. The highest BCUT2D eigenvalue weighted by Gasteiger charge is 2.50. The second kappa shape index (κ2) is 13.1. The molecule has 1 aromatic carbocycles. The molecule has 1 saturated heterocycles. The van der Waals surface area contributed by atoms with Crippen LogP contribution in [0.2, 0.25) is 0 Å². The molecule has 13 heteroatoms. The number of rotatable bonds is 8. The molecule has 9 atom stereocenters. The lowest BCUT2D eigenvalue weighted by Crippen LogP contribution is -2.61. The zero-order chi connectivity index (χ0) is 28.0. The Hall–Kier alpha value is -3.06. The number of hydrogen-bond acceptors (Lipinski definition) is 13. The molecular weight excluding hydrogens is 506 g/mol. The molecule has 13 nitrogen and oxygen atoms in total. The molecule has 0 amide bonds. The van der Waals surface area contributed by atoms with Crippen LogP contribution in [-0.2, 0) is 23.7 Å². The highest BCUT2D eigenvalue weighted by Crippen LogP contribution is 2.33. The molecule has 0 spiro atoms. The summed E-state index contributed by atoms with van der Waals surface area (Å²) in [7, 11) is 2.65. The Bertz CT molecular complexity index is 1070. The van der Waals surface area contributed by atoms with Crippen molar-refractivity contribution in [1.29, 1.82) is 5.26 Å². The van der Waals surface area contributed by atoms with Gasteiger partial charge in [0.05, 0.1) is 32.0 Å². The summed E-state index contributed by atoms with van der Waals surface area (Å²) in [6.45, 7) is -0.704. The summed E-state index contributed by atoms with van der Waals surface area (Å²) in [4.78, 5) is 12.6. The van der Waals surface area contributed by atoms with E-state index in [4.69, 9.17) is 23.7 Å². The fourth-order valence-electron chi connectivity index (χ4n) is 4.34. The summed E-state index contributed by atoms with van der Waals surface area (Å²) < 4.78 is 26.9. The van der Waals surface area contributed by atoms with Crippen LogP contribution in [0, 0.1) is 11.3 Å². The zero-order valence-corrected chi connectivity index (χ0v) is 20.7. The van der Waals surface area contributed by atoms with Gasteiger partial charge in [-0.3, -0.25) is 0 Å². The van der Waals surface area contributed by atoms with Crippen molar-refractivity contribution in [3.05, 3.63) is 41.5 Å². The van der Waals surface area contributed by atoms with Crippen LogP contribution >= 0.6 is 0 Å². The maximum Gasteiger partial charge on any atom is 0.331 e. The first-order valence-corrected chi connectivity index (χ1v) is 11.7. The number of carbonyl (C=O) groups excluding carboxylic acids is 1. The summed E-state index contributed by atoms with van der Waals surface area (Å²) in [5, 5.41) is 70.5. The first kappa shape index (κ1) is 29.5. The Kier molecular flexibility index (Phi) is 10.2. The Morgan fingerprint density at radius 3 is 2.55 bits per heavy atom. The van der Waals surface area contributed by atoms with E-state index < -0.39 is 67.7 Å². The Morgan fingerprint density at radius 2 is 1.92 bits per heavy atom. The molecule has 0 bridgehead atoms. The summed E-state index contributed by atoms with van der Waals surface area (Å²) in [5.41, 5.74) is 0.537. The number of allylic oxidation sites excluding steroid dienone is 1. The van der Waals surface area contributed by atoms with Crippen molar-refractivity contribution in [2.24, 2.45) is 0 Å². The highest BCUT2D eigenvalue weighted by molar-refractivity contribution is 5.87. The van der Waals surface area contributed by atoms with Crippen molar-refractivity contribution in [2.75, 3.05) is 20.8 Å². The van der Waals surface area contributed by atoms with Crippen LogP contribution in [0.3, 0.4) is 0 Å². The molecule has 0 aromatic heterocycles. The van der Waals surface area contributed by atoms with Gasteiger partial charge < -0.3 is 54.3 Å². The quantitative estimate of drug-likeness (QED) is 0.130. The number of aromatic hydroxyl groups is 1. The lowest BCUT2D eigenvalue weighted by atomic mass is 9.84. The summed E-state index contributed by atoms with van der Waals surface area (Å²) in [6.07, 6.45) is -9.36. The number of phenols is 1. The molecule has 3 rings (SSSR count). The van der Waals surface area contributed by atoms with E-state index in [1.807, 2.05) is 0 Å². The van der Waals surface area contributed by atoms with Crippen molar-refractivity contribution < 1.29 is 59.1 Å². The fourth-order valence-corrected chi connectivity index (χ4v) is 4.34. The van der Waals surface area contributed by atoms with Crippen LogP contribution in [0.15, 0.2) is 35.9 Å². The summed E-state index contributed by atoms with van der Waals surface area (Å²) in [5.74, 6) is -0.873. The number of hydrogen-bond donors (Lipinski definition) is 6. The predicted molar refractivity (Wildman–Crippen MR) is 127 cm³/mol. The van der Waals surface area contributed by atoms with E-state index in [1.54, 1.807) is 6.07 Å². The van der Waals surface area contributed by atoms with Crippen LogP contribution in [0.25, 0.3) is 6.08 Å². The minimum atomic E-state index is -1.74. The SMILES string of the molecule is COc1cc(/C=C/C(=O)O[C@H]2[C@H](OC3CC(O)C(OC)C(O)/C3=C\C#N)O[C@H](CO)[C@@H](O)[C@@H]2O)ccc1O. The van der Waals surface area contributed by atoms with Gasteiger partial charge in [0.25, 0.3) is 0 Å². The predicted octanol–water partition coefficient (Wildman–Crippen LogP) is -1.26. The third kappa shape index (κ3) is 6.49. The van der Waals surface area contributed by atoms with Crippen molar-refractivity contribution in [2.45, 2.75) is 61.5 Å². The molecule has 38 heavy (non-hydrogen) atoms. The van der Waals surface area contributed by atoms with Crippen LogP contribution in [0.1, 0.15) is 12.0 Å². The highest BCUT2D eigenvalue weighted by atomic mass is 16.7. The van der Waals surface area contributed by atoms with E-state index in [9.17, 15) is 40.7 Å². The number of nitrogens with zero attached hydrogens (tertiary/aromatic N) is 1. The third-order valence-electron chi connectivity index (χ3n) is 6.35. The van der Waals surface area contributed by atoms with Gasteiger partial charge in [-0.1, -0.05) is 6.07 Å². The number of methoxy groups -OCH3 is 2. The largest absolute Gasteiger partial charge is 0.504 e. The van der Waals surface area contributed by atoms with Crippen molar-refractivity contribution >= 4 is 12.0 Å². The lowest BCUT2D eigenvalue weighted by molar-refractivity contribution is -0.314. The number of benzene rings is 1. The van der Waals surface area contributed by atoms with Crippen LogP contribution in [0.5, 0.6) is 11.5 Å². The van der Waals surface area contributed by atoms with Gasteiger partial charge in [-0.05, 0) is 23.8 Å². The van der Waals surface area contributed by atoms with E-state index in [0.717, 1.165) is 12.2 Å². The number of carbonyl (C=O) groups is 1. The molecule has 1 aliphatic heterocycles. The van der Waals surface area contributed by atoms with Gasteiger partial charge in [0.15, 0.2) is 23.9 Å². The topological polar surface area (TPSA) is 208 Å². The van der Waals surface area contributed by atoms with Crippen LogP contribution in [0.4, 0.5) is 0 Å². The first-order chi connectivity index (χ1) is 18.1. The monoisotopic (exact) mass is 537 g/mol. The van der Waals surface area contributed by atoms with Crippen molar-refractivity contribution in [1.82, 2.24) is 0 Å². The number of aliphatic hydroxyl groups excluding tert-OH is 5. The Balaban J connectivity index is 1.82. The molecule has 2 fully saturated rings. The summed E-state index contributed by atoms with van der Waals surface area (Å²) in [6, 6.07) is 6.13. The third-order valence-corrected chi connectivity index (χ3v) is 6.35. The second-order valence-corrected chi connectivity index (χ2v) is 8.72. The van der Waals surface area contributed by atoms with Crippen molar-refractivity contribution in [3.63, 3.8) is 0 Å². The molecule has 2 aliphatic rings. The maximum atomic E-state index is 12.6. The maximum absolute atomic E-state index is 12.6. The van der Waals surface area contributed by atoms with E-state index >= 15 is 0 Å². The van der Waals surface area contributed by atoms with Gasteiger partial charge in [0.2, 0.25) is 0 Å². The minimum Gasteiger partial charge on any atom is -0.504 e. The van der Waals surface area contributed by atoms with Crippen molar-refractivity contribution in [3.8, 4) is 17.6 Å². The molecule has 1 aromatic rings. The van der Waals surface area contributed by atoms with E-state index in [-0.39, 0.29) is 23.5 Å². The normalized spacial score (nSPS) is 34.7. The van der Waals surface area contributed by atoms with Crippen LogP contribution in [-0.4, -0.2) is 113 Å². The molecule has 4 unspecified atom stereocenters. The van der Waals surface area contributed by atoms with E-state index in [2.05, 4.69) is 0 Å². The van der Waals surface area contributed by atoms with E-state index in [1.165, 1.54) is 38.5 Å². The second-order valence-electron chi connectivity index (χ2n) is 8.72. The smallest absolute Gasteiger partial charge is 0.331 e. The number of ether oxygens (including phenoxy) is 5. The fraction of sp³-hybridized carbons (Fsp3) is 0.520. The first-order valence-electron chi connectivity index (χ1n) is 11.7. The van der Waals surface area contributed by atoms with Gasteiger partial charge in [-0.2, -0.15) is 5.26 Å². The standard InChI is InChI=1S/C25H31NO12/c1-34-17-9-12(3-5-14(17)28)4-6-19(30)38-24-22(33)21(32)18(11-27)37-25(24)36-16-10-15(29)23(35-2)20(31)13(16)7-8-26/h3-7,9,15-16,18,20-25,27-29,31-33H,10-11H2,1-2H3/b6-4+,13-7-/t15?,16?,18-,20?,21-,22+,23?,24-,25-/m1/s1. The molecule has 208 valence electrons. The molecular formula is C25H31NO12. The van der Waals surface area contributed by atoms with Gasteiger partial charge in [-0.15, -0.1) is 0 Å². The Morgan fingerprint density at radius 1 is 1.18 bits per heavy atom. The lowest BCUT2D eigenvalue weighted by Gasteiger charge is -2.44. The van der Waals surface area contributed by atoms with Gasteiger partial charge in [0, 0.05) is 31.3 Å². The number of esters is 1. The Labute approximate surface area is 218 Å². The average molecular weight is 538 g/mol.